The van der Waals surface area contributed by atoms with Crippen molar-refractivity contribution in [1.82, 2.24) is 9.97 Å². The summed E-state index contributed by atoms with van der Waals surface area (Å²) in [7, 11) is 0. The first kappa shape index (κ1) is 18.5. The summed E-state index contributed by atoms with van der Waals surface area (Å²) in [6, 6.07) is 5.07. The fourth-order valence-corrected chi connectivity index (χ4v) is 2.68. The minimum absolute atomic E-state index is 0.0227. The molecule has 0 spiro atoms. The molecule has 2 heterocycles. The van der Waals surface area contributed by atoms with Crippen LogP contribution in [0, 0.1) is 18.6 Å². The third-order valence-electron chi connectivity index (χ3n) is 3.90. The van der Waals surface area contributed by atoms with Crippen molar-refractivity contribution in [3.05, 3.63) is 47.8 Å². The van der Waals surface area contributed by atoms with Gasteiger partial charge in [-0.3, -0.25) is 10.3 Å². The quantitative estimate of drug-likeness (QED) is 0.545. The summed E-state index contributed by atoms with van der Waals surface area (Å²) >= 11 is 0. The number of rotatable bonds is 5. The van der Waals surface area contributed by atoms with E-state index in [1.165, 1.54) is 0 Å². The number of pyridine rings is 2. The molecule has 2 aromatic heterocycles. The van der Waals surface area contributed by atoms with Crippen molar-refractivity contribution in [3.8, 4) is 11.1 Å². The second-order valence-electron chi connectivity index (χ2n) is 5.78. The lowest BCUT2D eigenvalue weighted by molar-refractivity contribution is 0.209. The molecular formula is C18H16F2N4O3. The Morgan fingerprint density at radius 2 is 1.93 bits per heavy atom. The average molecular weight is 374 g/mol. The lowest BCUT2D eigenvalue weighted by atomic mass is 10.0. The van der Waals surface area contributed by atoms with Crippen LogP contribution in [0.3, 0.4) is 0 Å². The molecule has 7 nitrogen and oxygen atoms in total. The van der Waals surface area contributed by atoms with E-state index in [0.29, 0.717) is 40.6 Å². The number of hydrogen-bond donors (Lipinski definition) is 4. The molecule has 0 bridgehead atoms. The number of nitrogens with one attached hydrogen (secondary N) is 2. The summed E-state index contributed by atoms with van der Waals surface area (Å²) in [5.41, 5.74) is 1.16. The van der Waals surface area contributed by atoms with Crippen molar-refractivity contribution in [1.29, 1.82) is 0 Å². The maximum atomic E-state index is 14.3. The Hall–Kier alpha value is -3.33. The molecule has 0 saturated heterocycles. The van der Waals surface area contributed by atoms with Crippen LogP contribution < -0.4 is 10.6 Å². The van der Waals surface area contributed by atoms with E-state index in [9.17, 15) is 13.6 Å². The Morgan fingerprint density at radius 1 is 1.15 bits per heavy atom. The maximum Gasteiger partial charge on any atom is 0.409 e. The molecule has 0 fully saturated rings. The van der Waals surface area contributed by atoms with Gasteiger partial charge in [-0.2, -0.15) is 0 Å². The molecule has 3 aromatic rings. The van der Waals surface area contributed by atoms with Crippen LogP contribution in [0.2, 0.25) is 0 Å². The number of carbonyl (C=O) groups is 1. The van der Waals surface area contributed by atoms with Gasteiger partial charge in [0.1, 0.15) is 17.5 Å². The van der Waals surface area contributed by atoms with E-state index < -0.39 is 17.7 Å². The molecule has 0 aliphatic rings. The largest absolute Gasteiger partial charge is 0.465 e. The predicted molar refractivity (Wildman–Crippen MR) is 96.9 cm³/mol. The van der Waals surface area contributed by atoms with Crippen LogP contribution in [0.25, 0.3) is 22.0 Å². The minimum Gasteiger partial charge on any atom is -0.465 e. The molecule has 0 unspecified atom stereocenters. The number of aliphatic hydroxyl groups excluding tert-OH is 1. The van der Waals surface area contributed by atoms with Crippen LogP contribution in [0.4, 0.5) is 25.1 Å². The number of nitrogens with zero attached hydrogens (tertiary/aromatic N) is 2. The molecule has 0 radical (unpaired) electrons. The highest BCUT2D eigenvalue weighted by Crippen LogP contribution is 2.32. The highest BCUT2D eigenvalue weighted by atomic mass is 19.1. The van der Waals surface area contributed by atoms with Crippen LogP contribution in [0.1, 0.15) is 5.69 Å². The first-order chi connectivity index (χ1) is 12.9. The summed E-state index contributed by atoms with van der Waals surface area (Å²) in [5.74, 6) is -1.30. The van der Waals surface area contributed by atoms with Crippen molar-refractivity contribution in [3.63, 3.8) is 0 Å². The summed E-state index contributed by atoms with van der Waals surface area (Å²) in [6.07, 6.45) is 0.0925. The predicted octanol–water partition coefficient (Wildman–Crippen LogP) is 3.38. The minimum atomic E-state index is -1.45. The summed E-state index contributed by atoms with van der Waals surface area (Å²) in [5, 5.41) is 23.1. The van der Waals surface area contributed by atoms with E-state index in [-0.39, 0.29) is 17.9 Å². The van der Waals surface area contributed by atoms with Gasteiger partial charge in [-0.25, -0.2) is 18.6 Å². The van der Waals surface area contributed by atoms with Crippen molar-refractivity contribution in [2.45, 2.75) is 6.92 Å². The number of fused-ring (bicyclic) bond motifs is 1. The zero-order valence-corrected chi connectivity index (χ0v) is 14.3. The molecule has 0 atom stereocenters. The normalized spacial score (nSPS) is 10.8. The van der Waals surface area contributed by atoms with Crippen LogP contribution in [-0.4, -0.2) is 39.4 Å². The van der Waals surface area contributed by atoms with Crippen LogP contribution >= 0.6 is 0 Å². The number of amides is 1. The van der Waals surface area contributed by atoms with E-state index in [1.807, 2.05) is 5.32 Å². The molecule has 0 saturated carbocycles. The van der Waals surface area contributed by atoms with Gasteiger partial charge in [0.05, 0.1) is 17.8 Å². The lowest BCUT2D eigenvalue weighted by Gasteiger charge is -2.12. The maximum absolute atomic E-state index is 14.3. The first-order valence-electron chi connectivity index (χ1n) is 8.00. The fourth-order valence-electron chi connectivity index (χ4n) is 2.68. The Labute approximate surface area is 152 Å². The average Bonchev–Trinajstić information content (AvgIpc) is 2.61. The monoisotopic (exact) mass is 374 g/mol. The molecule has 1 aromatic carbocycles. The number of anilines is 2. The van der Waals surface area contributed by atoms with Gasteiger partial charge in [-0.1, -0.05) is 0 Å². The lowest BCUT2D eigenvalue weighted by Crippen LogP contribution is -2.09. The number of benzene rings is 1. The van der Waals surface area contributed by atoms with E-state index in [4.69, 9.17) is 10.2 Å². The van der Waals surface area contributed by atoms with Crippen molar-refractivity contribution in [2.75, 3.05) is 23.8 Å². The van der Waals surface area contributed by atoms with Gasteiger partial charge in [-0.15, -0.1) is 0 Å². The Kier molecular flexibility index (Phi) is 5.13. The van der Waals surface area contributed by atoms with Crippen molar-refractivity contribution < 1.29 is 23.8 Å². The third kappa shape index (κ3) is 3.93. The van der Waals surface area contributed by atoms with Crippen molar-refractivity contribution >= 4 is 28.5 Å². The standard InChI is InChI=1S/C18H16F2N4O3/c1-9-11(12-5-16(24-18(26)27)14(20)6-13(12)19)4-10-8-22-17(21-2-3-25)7-15(10)23-9/h4-8,24-25H,2-3H2,1H3,(H,21,22)(H,26,27). The van der Waals surface area contributed by atoms with E-state index >= 15 is 0 Å². The van der Waals surface area contributed by atoms with Crippen LogP contribution in [-0.2, 0) is 0 Å². The van der Waals surface area contributed by atoms with Gasteiger partial charge in [-0.05, 0) is 19.1 Å². The first-order valence-corrected chi connectivity index (χ1v) is 8.00. The number of aliphatic hydroxyl groups is 1. The molecule has 140 valence electrons. The Morgan fingerprint density at radius 3 is 2.63 bits per heavy atom. The second-order valence-corrected chi connectivity index (χ2v) is 5.78. The molecule has 3 rings (SSSR count). The molecule has 0 aliphatic carbocycles. The number of hydrogen-bond acceptors (Lipinski definition) is 5. The van der Waals surface area contributed by atoms with Crippen molar-refractivity contribution in [2.24, 2.45) is 0 Å². The number of carboxylic acid groups (broad SMARTS) is 1. The summed E-state index contributed by atoms with van der Waals surface area (Å²) in [4.78, 5) is 19.4. The SMILES string of the molecule is Cc1nc2cc(NCCO)ncc2cc1-c1cc(NC(=O)O)c(F)cc1F. The van der Waals surface area contributed by atoms with Gasteiger partial charge in [0.25, 0.3) is 0 Å². The van der Waals surface area contributed by atoms with Gasteiger partial charge in [0.15, 0.2) is 0 Å². The summed E-state index contributed by atoms with van der Waals surface area (Å²) < 4.78 is 28.1. The van der Waals surface area contributed by atoms with Gasteiger partial charge >= 0.3 is 6.09 Å². The second kappa shape index (κ2) is 7.50. The van der Waals surface area contributed by atoms with Gasteiger partial charge in [0.2, 0.25) is 0 Å². The molecule has 0 aliphatic heterocycles. The van der Waals surface area contributed by atoms with Crippen LogP contribution in [0.5, 0.6) is 0 Å². The Balaban J connectivity index is 2.08. The zero-order chi connectivity index (χ0) is 19.6. The third-order valence-corrected chi connectivity index (χ3v) is 3.90. The highest BCUT2D eigenvalue weighted by Gasteiger charge is 2.16. The van der Waals surface area contributed by atoms with E-state index in [2.05, 4.69) is 15.3 Å². The van der Waals surface area contributed by atoms with E-state index in [0.717, 1.165) is 6.07 Å². The topological polar surface area (TPSA) is 107 Å². The molecule has 4 N–H and O–H groups in total. The fraction of sp³-hybridized carbons (Fsp3) is 0.167. The van der Waals surface area contributed by atoms with Crippen LogP contribution in [0.15, 0.2) is 30.5 Å². The van der Waals surface area contributed by atoms with Gasteiger partial charge in [0, 0.05) is 47.1 Å². The van der Waals surface area contributed by atoms with Gasteiger partial charge < -0.3 is 15.5 Å². The summed E-state index contributed by atoms with van der Waals surface area (Å²) in [6.45, 7) is 1.97. The number of aryl methyl sites for hydroxylation is 1. The molecule has 27 heavy (non-hydrogen) atoms. The highest BCUT2D eigenvalue weighted by molar-refractivity contribution is 5.88. The molecule has 9 heteroatoms. The number of aromatic nitrogens is 2. The zero-order valence-electron chi connectivity index (χ0n) is 14.3. The smallest absolute Gasteiger partial charge is 0.409 e. The van der Waals surface area contributed by atoms with E-state index in [1.54, 1.807) is 25.3 Å². The number of halogens is 2. The molecular weight excluding hydrogens is 358 g/mol. The Bertz CT molecular complexity index is 1030. The molecule has 1 amide bonds.